The molecule has 10 rings (SSSR count). The zero-order valence-electron chi connectivity index (χ0n) is 29.6. The molecule has 54 heavy (non-hydrogen) atoms. The van der Waals surface area contributed by atoms with Gasteiger partial charge in [-0.25, -0.2) is 0 Å². The van der Waals surface area contributed by atoms with Crippen LogP contribution in [0.25, 0.3) is 75.5 Å². The molecule has 0 N–H and O–H groups in total. The monoisotopic (exact) mass is 705 g/mol. The zero-order chi connectivity index (χ0) is 35.8. The number of fused-ring (bicyclic) bond motifs is 5. The van der Waals surface area contributed by atoms with Crippen molar-refractivity contribution in [3.63, 3.8) is 0 Å². The van der Waals surface area contributed by atoms with E-state index in [1.165, 1.54) is 75.5 Å². The Balaban J connectivity index is 1.02. The molecule has 0 aliphatic rings. The van der Waals surface area contributed by atoms with E-state index in [4.69, 9.17) is 0 Å². The molecule has 0 saturated heterocycles. The lowest BCUT2D eigenvalue weighted by atomic mass is 9.97. The van der Waals surface area contributed by atoms with Crippen molar-refractivity contribution < 1.29 is 0 Å². The number of rotatable bonds is 7. The highest BCUT2D eigenvalue weighted by Crippen LogP contribution is 2.41. The number of hydrogen-bond acceptors (Lipinski definition) is 2. The van der Waals surface area contributed by atoms with Crippen LogP contribution in [0.4, 0.5) is 17.1 Å². The van der Waals surface area contributed by atoms with E-state index in [1.54, 1.807) is 0 Å². The number of benzene rings is 9. The van der Waals surface area contributed by atoms with Crippen molar-refractivity contribution in [2.75, 3.05) is 4.90 Å². The molecule has 1 aromatic heterocycles. The summed E-state index contributed by atoms with van der Waals surface area (Å²) in [6.45, 7) is 0. The van der Waals surface area contributed by atoms with Gasteiger partial charge in [0, 0.05) is 37.2 Å². The van der Waals surface area contributed by atoms with Crippen LogP contribution in [0.5, 0.6) is 0 Å². The van der Waals surface area contributed by atoms with Gasteiger partial charge in [-0.3, -0.25) is 0 Å². The third-order valence-electron chi connectivity index (χ3n) is 10.5. The van der Waals surface area contributed by atoms with Crippen molar-refractivity contribution in [2.24, 2.45) is 0 Å². The second-order valence-corrected chi connectivity index (χ2v) is 14.8. The van der Waals surface area contributed by atoms with E-state index in [1.807, 2.05) is 11.3 Å². The molecule has 0 saturated carbocycles. The first-order valence-electron chi connectivity index (χ1n) is 18.4. The first kappa shape index (κ1) is 32.0. The number of thiophene rings is 1. The Morgan fingerprint density at radius 2 is 0.741 bits per heavy atom. The molecule has 0 unspecified atom stereocenters. The van der Waals surface area contributed by atoms with Crippen molar-refractivity contribution in [3.8, 4) is 44.5 Å². The molecular weight excluding hydrogens is 671 g/mol. The SMILES string of the molecule is c1ccc(-c2ccc(-c3ccc(N(c4ccc(-c5ccc6ccc7sc8ccccc8c7c6c5)cc4)c4cccc(-c5ccccc5)c4)cc3)cc2)cc1. The minimum absolute atomic E-state index is 1.11. The minimum Gasteiger partial charge on any atom is -0.310 e. The zero-order valence-corrected chi connectivity index (χ0v) is 30.4. The lowest BCUT2D eigenvalue weighted by molar-refractivity contribution is 1.28. The van der Waals surface area contributed by atoms with Crippen LogP contribution >= 0.6 is 11.3 Å². The summed E-state index contributed by atoms with van der Waals surface area (Å²) >= 11 is 1.87. The average Bonchev–Trinajstić information content (AvgIpc) is 3.64. The van der Waals surface area contributed by atoms with Gasteiger partial charge in [0.05, 0.1) is 0 Å². The van der Waals surface area contributed by atoms with Crippen LogP contribution in [0.3, 0.4) is 0 Å². The molecule has 2 heteroatoms. The molecule has 0 fully saturated rings. The third-order valence-corrected chi connectivity index (χ3v) is 11.6. The summed E-state index contributed by atoms with van der Waals surface area (Å²) in [5.41, 5.74) is 13.0. The van der Waals surface area contributed by atoms with Gasteiger partial charge < -0.3 is 4.90 Å². The van der Waals surface area contributed by atoms with E-state index >= 15 is 0 Å². The Morgan fingerprint density at radius 1 is 0.278 bits per heavy atom. The molecule has 0 aliphatic carbocycles. The number of nitrogens with zero attached hydrogens (tertiary/aromatic N) is 1. The molecule has 0 aliphatic heterocycles. The normalized spacial score (nSPS) is 11.3. The highest BCUT2D eigenvalue weighted by molar-refractivity contribution is 7.26. The van der Waals surface area contributed by atoms with Crippen molar-refractivity contribution in [1.29, 1.82) is 0 Å². The Kier molecular flexibility index (Phi) is 8.09. The Labute approximate surface area is 319 Å². The van der Waals surface area contributed by atoms with Crippen LogP contribution in [-0.4, -0.2) is 0 Å². The Bertz CT molecular complexity index is 2890. The smallest absolute Gasteiger partial charge is 0.0467 e. The first-order valence-corrected chi connectivity index (χ1v) is 19.2. The number of anilines is 3. The fraction of sp³-hybridized carbons (Fsp3) is 0. The quantitative estimate of drug-likeness (QED) is 0.160. The van der Waals surface area contributed by atoms with Crippen molar-refractivity contribution in [1.82, 2.24) is 0 Å². The summed E-state index contributed by atoms with van der Waals surface area (Å²) in [4.78, 5) is 2.36. The summed E-state index contributed by atoms with van der Waals surface area (Å²) in [6, 6.07) is 77.0. The fourth-order valence-electron chi connectivity index (χ4n) is 7.72. The van der Waals surface area contributed by atoms with Gasteiger partial charge in [-0.1, -0.05) is 158 Å². The molecular formula is C52H35NS. The van der Waals surface area contributed by atoms with E-state index < -0.39 is 0 Å². The molecule has 0 spiro atoms. The maximum absolute atomic E-state index is 2.37. The van der Waals surface area contributed by atoms with Gasteiger partial charge in [0.15, 0.2) is 0 Å². The maximum Gasteiger partial charge on any atom is 0.0467 e. The van der Waals surface area contributed by atoms with Gasteiger partial charge in [0.2, 0.25) is 0 Å². The van der Waals surface area contributed by atoms with Crippen LogP contribution in [0.15, 0.2) is 212 Å². The largest absolute Gasteiger partial charge is 0.310 e. The van der Waals surface area contributed by atoms with Gasteiger partial charge in [-0.2, -0.15) is 0 Å². The predicted octanol–water partition coefficient (Wildman–Crippen LogP) is 15.3. The van der Waals surface area contributed by atoms with Crippen LogP contribution in [0.2, 0.25) is 0 Å². The molecule has 0 radical (unpaired) electrons. The van der Waals surface area contributed by atoms with E-state index in [-0.39, 0.29) is 0 Å². The molecule has 0 atom stereocenters. The molecule has 0 bridgehead atoms. The van der Waals surface area contributed by atoms with Crippen LogP contribution in [-0.2, 0) is 0 Å². The molecule has 10 aromatic rings. The predicted molar refractivity (Wildman–Crippen MR) is 233 cm³/mol. The van der Waals surface area contributed by atoms with Crippen LogP contribution in [0, 0.1) is 0 Å². The van der Waals surface area contributed by atoms with E-state index in [2.05, 4.69) is 217 Å². The Hall–Kier alpha value is -6.74. The second kappa shape index (κ2) is 13.7. The molecule has 1 heterocycles. The van der Waals surface area contributed by atoms with Gasteiger partial charge >= 0.3 is 0 Å². The summed E-state index contributed by atoms with van der Waals surface area (Å²) in [5, 5.41) is 5.26. The Morgan fingerprint density at radius 3 is 1.39 bits per heavy atom. The highest BCUT2D eigenvalue weighted by Gasteiger charge is 2.15. The lowest BCUT2D eigenvalue weighted by Crippen LogP contribution is -2.10. The van der Waals surface area contributed by atoms with E-state index in [0.29, 0.717) is 0 Å². The molecule has 0 amide bonds. The van der Waals surface area contributed by atoms with Gasteiger partial charge in [0.1, 0.15) is 0 Å². The summed E-state index contributed by atoms with van der Waals surface area (Å²) in [7, 11) is 0. The highest BCUT2D eigenvalue weighted by atomic mass is 32.1. The average molecular weight is 706 g/mol. The third kappa shape index (κ3) is 5.93. The van der Waals surface area contributed by atoms with Crippen LogP contribution < -0.4 is 4.90 Å². The second-order valence-electron chi connectivity index (χ2n) is 13.8. The number of hydrogen-bond donors (Lipinski definition) is 0. The van der Waals surface area contributed by atoms with Gasteiger partial charge in [0.25, 0.3) is 0 Å². The lowest BCUT2D eigenvalue weighted by Gasteiger charge is -2.26. The minimum atomic E-state index is 1.11. The summed E-state index contributed by atoms with van der Waals surface area (Å²) < 4.78 is 2.67. The summed E-state index contributed by atoms with van der Waals surface area (Å²) in [6.07, 6.45) is 0. The van der Waals surface area contributed by atoms with Crippen molar-refractivity contribution in [3.05, 3.63) is 212 Å². The van der Waals surface area contributed by atoms with E-state index in [9.17, 15) is 0 Å². The van der Waals surface area contributed by atoms with E-state index in [0.717, 1.165) is 17.1 Å². The van der Waals surface area contributed by atoms with Crippen molar-refractivity contribution >= 4 is 59.3 Å². The van der Waals surface area contributed by atoms with Gasteiger partial charge in [-0.15, -0.1) is 11.3 Å². The molecule has 254 valence electrons. The van der Waals surface area contributed by atoms with Gasteiger partial charge in [-0.05, 0) is 110 Å². The summed E-state index contributed by atoms with van der Waals surface area (Å²) in [5.74, 6) is 0. The maximum atomic E-state index is 2.37. The first-order chi connectivity index (χ1) is 26.7. The van der Waals surface area contributed by atoms with Crippen LogP contribution in [0.1, 0.15) is 0 Å². The van der Waals surface area contributed by atoms with Crippen molar-refractivity contribution in [2.45, 2.75) is 0 Å². The standard InChI is InChI=1S/C52H35NS/c1-3-10-36(11-4-1)38-18-20-39(21-19-38)40-24-29-45(30-25-40)53(47-15-9-14-43(34-47)37-12-5-2-6-13-37)46-31-26-41(27-32-46)44-23-22-42-28-33-51-52(49(42)35-44)48-16-7-8-17-50(48)54-51/h1-35H. The molecule has 9 aromatic carbocycles. The topological polar surface area (TPSA) is 3.24 Å². The fourth-order valence-corrected chi connectivity index (χ4v) is 8.84. The molecule has 1 nitrogen and oxygen atoms in total.